The number of nitrogens with one attached hydrogen (secondary N) is 2. The van der Waals surface area contributed by atoms with E-state index in [9.17, 15) is 9.59 Å². The minimum atomic E-state index is -1.26. The number of carbonyl (C=O) groups is 2. The summed E-state index contributed by atoms with van der Waals surface area (Å²) in [5.41, 5.74) is 2.55. The van der Waals surface area contributed by atoms with Gasteiger partial charge >= 0.3 is 12.0 Å². The molecule has 7 heteroatoms. The summed E-state index contributed by atoms with van der Waals surface area (Å²) in [6.45, 7) is 0.914. The molecule has 16 heavy (non-hydrogen) atoms. The molecular weight excluding hydrogens is 214 g/mol. The lowest BCUT2D eigenvalue weighted by molar-refractivity contribution is -0.140. The molecule has 0 bridgehead atoms. The summed E-state index contributed by atoms with van der Waals surface area (Å²) in [6, 6.07) is -1.85. The quantitative estimate of drug-likeness (QED) is 0.504. The molecule has 1 aliphatic heterocycles. The fourth-order valence-corrected chi connectivity index (χ4v) is 1.53. The largest absolute Gasteiger partial charge is 0.480 e. The maximum atomic E-state index is 11.3. The van der Waals surface area contributed by atoms with Crippen LogP contribution >= 0.6 is 0 Å². The van der Waals surface area contributed by atoms with Crippen molar-refractivity contribution in [1.29, 1.82) is 0 Å². The van der Waals surface area contributed by atoms with E-state index in [1.54, 1.807) is 5.01 Å². The van der Waals surface area contributed by atoms with E-state index in [4.69, 9.17) is 10.2 Å². The van der Waals surface area contributed by atoms with Crippen molar-refractivity contribution in [2.75, 3.05) is 19.7 Å². The fraction of sp³-hybridized carbons (Fsp3) is 0.778. The lowest BCUT2D eigenvalue weighted by atomic mass is 10.2. The van der Waals surface area contributed by atoms with Crippen LogP contribution in [0, 0.1) is 0 Å². The zero-order chi connectivity index (χ0) is 12.0. The van der Waals surface area contributed by atoms with Gasteiger partial charge in [-0.05, 0) is 12.8 Å². The Bertz CT molecular complexity index is 253. The highest BCUT2D eigenvalue weighted by atomic mass is 16.4. The number of urea groups is 1. The molecule has 1 heterocycles. The number of aliphatic carboxylic acids is 1. The molecule has 1 aliphatic rings. The molecule has 0 aliphatic carbocycles. The van der Waals surface area contributed by atoms with Crippen LogP contribution in [0.1, 0.15) is 19.3 Å². The van der Waals surface area contributed by atoms with Crippen LogP contribution in [0.15, 0.2) is 0 Å². The molecule has 0 aromatic carbocycles. The van der Waals surface area contributed by atoms with Crippen molar-refractivity contribution in [3.05, 3.63) is 0 Å². The van der Waals surface area contributed by atoms with E-state index in [2.05, 4.69) is 10.7 Å². The van der Waals surface area contributed by atoms with Crippen molar-refractivity contribution >= 4 is 12.0 Å². The van der Waals surface area contributed by atoms with Gasteiger partial charge in [0.15, 0.2) is 6.04 Å². The average Bonchev–Trinajstić information content (AvgIpc) is 2.27. The average molecular weight is 231 g/mol. The lowest BCUT2D eigenvalue weighted by Gasteiger charge is -2.27. The summed E-state index contributed by atoms with van der Waals surface area (Å²) >= 11 is 0. The minimum Gasteiger partial charge on any atom is -0.480 e. The van der Waals surface area contributed by atoms with E-state index < -0.39 is 24.6 Å². The van der Waals surface area contributed by atoms with Crippen molar-refractivity contribution in [3.63, 3.8) is 0 Å². The maximum absolute atomic E-state index is 11.3. The first-order chi connectivity index (χ1) is 7.63. The molecule has 4 N–H and O–H groups in total. The van der Waals surface area contributed by atoms with Gasteiger partial charge in [-0.1, -0.05) is 6.42 Å². The van der Waals surface area contributed by atoms with Gasteiger partial charge < -0.3 is 15.5 Å². The number of carboxylic acid groups (broad SMARTS) is 1. The summed E-state index contributed by atoms with van der Waals surface area (Å²) in [4.78, 5) is 21.9. The molecule has 0 aromatic rings. The summed E-state index contributed by atoms with van der Waals surface area (Å²) in [7, 11) is 0. The molecule has 0 aromatic heterocycles. The number of rotatable bonds is 4. The Morgan fingerprint density at radius 3 is 2.38 bits per heavy atom. The van der Waals surface area contributed by atoms with Crippen LogP contribution in [0.4, 0.5) is 4.79 Å². The SMILES string of the molecule is O=C(NC(CO)C(=O)O)NN1CCCCC1. The number of carboxylic acids is 1. The van der Waals surface area contributed by atoms with E-state index in [0.29, 0.717) is 0 Å². The van der Waals surface area contributed by atoms with Gasteiger partial charge in [0.05, 0.1) is 6.61 Å². The highest BCUT2D eigenvalue weighted by Crippen LogP contribution is 2.05. The van der Waals surface area contributed by atoms with Crippen LogP contribution < -0.4 is 10.7 Å². The molecule has 1 unspecified atom stereocenters. The Morgan fingerprint density at radius 2 is 1.88 bits per heavy atom. The van der Waals surface area contributed by atoms with Crippen molar-refractivity contribution in [1.82, 2.24) is 15.8 Å². The Morgan fingerprint density at radius 1 is 1.25 bits per heavy atom. The normalized spacial score (nSPS) is 18.8. The summed E-state index contributed by atoms with van der Waals surface area (Å²) in [5, 5.41) is 21.2. The van der Waals surface area contributed by atoms with E-state index in [-0.39, 0.29) is 0 Å². The first kappa shape index (κ1) is 12.7. The van der Waals surface area contributed by atoms with E-state index in [1.807, 2.05) is 0 Å². The Labute approximate surface area is 93.4 Å². The standard InChI is InChI=1S/C9H17N3O4/c13-6-7(8(14)15)10-9(16)11-12-4-2-1-3-5-12/h7,13H,1-6H2,(H,14,15)(H2,10,11,16). The van der Waals surface area contributed by atoms with Gasteiger partial charge in [0, 0.05) is 13.1 Å². The van der Waals surface area contributed by atoms with Gasteiger partial charge in [0.1, 0.15) is 0 Å². The van der Waals surface area contributed by atoms with Crippen LogP contribution in [-0.2, 0) is 4.79 Å². The first-order valence-corrected chi connectivity index (χ1v) is 5.29. The molecule has 2 amide bonds. The fourth-order valence-electron chi connectivity index (χ4n) is 1.53. The Kier molecular flexibility index (Phi) is 5.00. The summed E-state index contributed by atoms with van der Waals surface area (Å²) in [5.74, 6) is -1.25. The second kappa shape index (κ2) is 6.29. The molecular formula is C9H17N3O4. The highest BCUT2D eigenvalue weighted by molar-refractivity contribution is 5.82. The molecule has 1 atom stereocenters. The van der Waals surface area contributed by atoms with Crippen molar-refractivity contribution in [2.24, 2.45) is 0 Å². The third-order valence-electron chi connectivity index (χ3n) is 2.40. The van der Waals surface area contributed by atoms with Gasteiger partial charge in [0.25, 0.3) is 0 Å². The van der Waals surface area contributed by atoms with Gasteiger partial charge in [-0.3, -0.25) is 5.43 Å². The molecule has 1 rings (SSSR count). The molecule has 1 fully saturated rings. The van der Waals surface area contributed by atoms with Crippen LogP contribution in [-0.4, -0.2) is 53.0 Å². The number of amides is 2. The third kappa shape index (κ3) is 4.03. The van der Waals surface area contributed by atoms with Crippen molar-refractivity contribution in [2.45, 2.75) is 25.3 Å². The number of carbonyl (C=O) groups excluding carboxylic acids is 1. The molecule has 1 saturated heterocycles. The van der Waals surface area contributed by atoms with Gasteiger partial charge in [-0.2, -0.15) is 0 Å². The minimum absolute atomic E-state index is 0.594. The number of hydrogen-bond acceptors (Lipinski definition) is 4. The summed E-state index contributed by atoms with van der Waals surface area (Å²) in [6.07, 6.45) is 3.18. The highest BCUT2D eigenvalue weighted by Gasteiger charge is 2.20. The third-order valence-corrected chi connectivity index (χ3v) is 2.40. The molecule has 0 radical (unpaired) electrons. The molecule has 7 nitrogen and oxygen atoms in total. The monoisotopic (exact) mass is 231 g/mol. The molecule has 0 saturated carbocycles. The topological polar surface area (TPSA) is 102 Å². The van der Waals surface area contributed by atoms with Crippen LogP contribution in [0.2, 0.25) is 0 Å². The van der Waals surface area contributed by atoms with E-state index in [0.717, 1.165) is 32.4 Å². The maximum Gasteiger partial charge on any atom is 0.330 e. The number of hydrazine groups is 1. The summed E-state index contributed by atoms with van der Waals surface area (Å²) < 4.78 is 0. The smallest absolute Gasteiger partial charge is 0.330 e. The van der Waals surface area contributed by atoms with Crippen LogP contribution in [0.3, 0.4) is 0 Å². The zero-order valence-electron chi connectivity index (χ0n) is 8.98. The lowest BCUT2D eigenvalue weighted by Crippen LogP contribution is -2.54. The molecule has 92 valence electrons. The predicted octanol–water partition coefficient (Wildman–Crippen LogP) is -0.868. The first-order valence-electron chi connectivity index (χ1n) is 5.29. The number of aliphatic hydroxyl groups is 1. The Hall–Kier alpha value is -1.34. The predicted molar refractivity (Wildman–Crippen MR) is 55.6 cm³/mol. The zero-order valence-corrected chi connectivity index (χ0v) is 8.98. The molecule has 0 spiro atoms. The van der Waals surface area contributed by atoms with Gasteiger partial charge in [-0.15, -0.1) is 0 Å². The Balaban J connectivity index is 2.31. The van der Waals surface area contributed by atoms with E-state index >= 15 is 0 Å². The number of aliphatic hydroxyl groups excluding tert-OH is 1. The van der Waals surface area contributed by atoms with Crippen molar-refractivity contribution in [3.8, 4) is 0 Å². The van der Waals surface area contributed by atoms with Gasteiger partial charge in [0.2, 0.25) is 0 Å². The second-order valence-electron chi connectivity index (χ2n) is 3.71. The number of nitrogens with zero attached hydrogens (tertiary/aromatic N) is 1. The van der Waals surface area contributed by atoms with Gasteiger partial charge in [-0.25, -0.2) is 14.6 Å². The van der Waals surface area contributed by atoms with E-state index in [1.165, 1.54) is 0 Å². The van der Waals surface area contributed by atoms with Crippen LogP contribution in [0.25, 0.3) is 0 Å². The van der Waals surface area contributed by atoms with Crippen LogP contribution in [0.5, 0.6) is 0 Å². The van der Waals surface area contributed by atoms with Crippen molar-refractivity contribution < 1.29 is 19.8 Å². The number of hydrogen-bond donors (Lipinski definition) is 4. The second-order valence-corrected chi connectivity index (χ2v) is 3.71. The number of piperidine rings is 1.